The van der Waals surface area contributed by atoms with Crippen molar-refractivity contribution < 1.29 is 14.3 Å². The molecule has 0 fully saturated rings. The van der Waals surface area contributed by atoms with E-state index in [0.29, 0.717) is 23.7 Å². The van der Waals surface area contributed by atoms with Crippen LogP contribution >= 0.6 is 0 Å². The van der Waals surface area contributed by atoms with Crippen LogP contribution in [-0.4, -0.2) is 19.6 Å². The Morgan fingerprint density at radius 3 is 2.57 bits per heavy atom. The second-order valence-electron chi connectivity index (χ2n) is 4.33. The number of methoxy groups -OCH3 is 1. The Hall–Kier alpha value is -2.75. The number of hydrogen-bond donors (Lipinski definition) is 1. The van der Waals surface area contributed by atoms with Gasteiger partial charge in [-0.15, -0.1) is 0 Å². The fourth-order valence-corrected chi connectivity index (χ4v) is 1.90. The largest absolute Gasteiger partial charge is 0.493 e. The highest BCUT2D eigenvalue weighted by molar-refractivity contribution is 5.96. The summed E-state index contributed by atoms with van der Waals surface area (Å²) >= 11 is 0. The van der Waals surface area contributed by atoms with Gasteiger partial charge in [-0.3, -0.25) is 4.79 Å². The molecule has 108 valence electrons. The Balaban J connectivity index is 2.09. The van der Waals surface area contributed by atoms with Crippen molar-refractivity contribution in [3.8, 4) is 11.5 Å². The zero-order valence-corrected chi connectivity index (χ0v) is 11.8. The zero-order chi connectivity index (χ0) is 15.1. The molecule has 0 aliphatic heterocycles. The highest BCUT2D eigenvalue weighted by atomic mass is 16.5. The predicted octanol–water partition coefficient (Wildman–Crippen LogP) is 2.89. The average Bonchev–Trinajstić information content (AvgIpc) is 2.52. The number of ether oxygens (including phenoxy) is 2. The molecule has 0 atom stereocenters. The van der Waals surface area contributed by atoms with Gasteiger partial charge >= 0.3 is 0 Å². The van der Waals surface area contributed by atoms with Gasteiger partial charge in [0.2, 0.25) is 0 Å². The lowest BCUT2D eigenvalue weighted by Gasteiger charge is -2.12. The maximum absolute atomic E-state index is 11.4. The van der Waals surface area contributed by atoms with Gasteiger partial charge in [0, 0.05) is 0 Å². The van der Waals surface area contributed by atoms with Gasteiger partial charge in [-0.1, -0.05) is 42.5 Å². The lowest BCUT2D eigenvalue weighted by atomic mass is 10.1. The fraction of sp³-hybridized carbons (Fsp3) is 0.118. The molecule has 4 heteroatoms. The molecule has 0 heterocycles. The molecular formula is C17H17NO3. The van der Waals surface area contributed by atoms with E-state index in [0.717, 1.165) is 5.56 Å². The van der Waals surface area contributed by atoms with Crippen molar-refractivity contribution in [3.63, 3.8) is 0 Å². The van der Waals surface area contributed by atoms with E-state index in [1.807, 2.05) is 42.5 Å². The van der Waals surface area contributed by atoms with Crippen molar-refractivity contribution in [1.29, 1.82) is 0 Å². The average molecular weight is 283 g/mol. The topological polar surface area (TPSA) is 61.5 Å². The summed E-state index contributed by atoms with van der Waals surface area (Å²) in [4.78, 5) is 11.4. The minimum Gasteiger partial charge on any atom is -0.493 e. The molecule has 0 aliphatic carbocycles. The summed E-state index contributed by atoms with van der Waals surface area (Å²) < 4.78 is 10.8. The van der Waals surface area contributed by atoms with E-state index in [9.17, 15) is 4.79 Å². The summed E-state index contributed by atoms with van der Waals surface area (Å²) in [5.41, 5.74) is 6.73. The number of hydrogen-bond acceptors (Lipinski definition) is 3. The summed E-state index contributed by atoms with van der Waals surface area (Å²) in [6.45, 7) is 0.315. The lowest BCUT2D eigenvalue weighted by molar-refractivity contribution is 0.0996. The van der Waals surface area contributed by atoms with Crippen LogP contribution in [-0.2, 0) is 0 Å². The summed E-state index contributed by atoms with van der Waals surface area (Å²) in [5.74, 6) is 0.306. The maximum Gasteiger partial charge on any atom is 0.252 e. The van der Waals surface area contributed by atoms with Gasteiger partial charge in [-0.25, -0.2) is 0 Å². The first-order chi connectivity index (χ1) is 10.2. The normalized spacial score (nSPS) is 10.5. The van der Waals surface area contributed by atoms with Crippen LogP contribution in [0.4, 0.5) is 0 Å². The molecule has 2 N–H and O–H groups in total. The summed E-state index contributed by atoms with van der Waals surface area (Å²) in [6.07, 6.45) is 3.81. The number of amides is 1. The molecule has 0 radical (unpaired) electrons. The first-order valence-corrected chi connectivity index (χ1v) is 6.53. The molecule has 1 amide bonds. The number of para-hydroxylation sites is 1. The van der Waals surface area contributed by atoms with Crippen LogP contribution < -0.4 is 15.2 Å². The minimum atomic E-state index is -0.545. The monoisotopic (exact) mass is 283 g/mol. The summed E-state index contributed by atoms with van der Waals surface area (Å²) in [5, 5.41) is 0. The van der Waals surface area contributed by atoms with Crippen LogP contribution in [0.5, 0.6) is 11.5 Å². The van der Waals surface area contributed by atoms with Crippen LogP contribution in [0.15, 0.2) is 54.6 Å². The molecular weight excluding hydrogens is 266 g/mol. The number of carbonyl (C=O) groups is 1. The lowest BCUT2D eigenvalue weighted by Crippen LogP contribution is -2.13. The Morgan fingerprint density at radius 1 is 1.14 bits per heavy atom. The number of nitrogens with two attached hydrogens (primary N) is 1. The van der Waals surface area contributed by atoms with Gasteiger partial charge < -0.3 is 15.2 Å². The summed E-state index contributed by atoms with van der Waals surface area (Å²) in [7, 11) is 1.52. The minimum absolute atomic E-state index is 0.308. The van der Waals surface area contributed by atoms with E-state index in [1.165, 1.54) is 7.11 Å². The second-order valence-corrected chi connectivity index (χ2v) is 4.33. The molecule has 0 spiro atoms. The number of rotatable bonds is 6. The highest BCUT2D eigenvalue weighted by Crippen LogP contribution is 2.30. The third-order valence-corrected chi connectivity index (χ3v) is 2.90. The molecule has 2 rings (SSSR count). The first-order valence-electron chi connectivity index (χ1n) is 6.53. The number of carbonyl (C=O) groups excluding carboxylic acids is 1. The van der Waals surface area contributed by atoms with Crippen LogP contribution in [0.3, 0.4) is 0 Å². The molecule has 2 aromatic rings. The van der Waals surface area contributed by atoms with Crippen molar-refractivity contribution in [2.24, 2.45) is 5.73 Å². The molecule has 0 aromatic heterocycles. The standard InChI is InChI=1S/C17H17NO3/c1-20-15-11-5-10-14(17(18)19)16(15)21-12-6-9-13-7-3-2-4-8-13/h2-11H,12H2,1H3,(H2,18,19)/b9-6+. The maximum atomic E-state index is 11.4. The second kappa shape index (κ2) is 7.14. The van der Waals surface area contributed by atoms with E-state index in [1.54, 1.807) is 18.2 Å². The van der Waals surface area contributed by atoms with Crippen LogP contribution in [0, 0.1) is 0 Å². The molecule has 21 heavy (non-hydrogen) atoms. The smallest absolute Gasteiger partial charge is 0.252 e. The number of benzene rings is 2. The van der Waals surface area contributed by atoms with Crippen molar-refractivity contribution >= 4 is 12.0 Å². The molecule has 4 nitrogen and oxygen atoms in total. The molecule has 0 saturated carbocycles. The van der Waals surface area contributed by atoms with E-state index < -0.39 is 5.91 Å². The Labute approximate surface area is 123 Å². The number of primary amides is 1. The molecule has 0 saturated heterocycles. The van der Waals surface area contributed by atoms with E-state index in [4.69, 9.17) is 15.2 Å². The third kappa shape index (κ3) is 3.86. The molecule has 2 aromatic carbocycles. The van der Waals surface area contributed by atoms with E-state index in [-0.39, 0.29) is 0 Å². The van der Waals surface area contributed by atoms with E-state index in [2.05, 4.69) is 0 Å². The molecule has 0 aliphatic rings. The van der Waals surface area contributed by atoms with Crippen LogP contribution in [0.2, 0.25) is 0 Å². The highest BCUT2D eigenvalue weighted by Gasteiger charge is 2.14. The van der Waals surface area contributed by atoms with Gasteiger partial charge in [-0.05, 0) is 23.8 Å². The molecule has 0 bridgehead atoms. The van der Waals surface area contributed by atoms with Gasteiger partial charge in [-0.2, -0.15) is 0 Å². The van der Waals surface area contributed by atoms with E-state index >= 15 is 0 Å². The Morgan fingerprint density at radius 2 is 1.90 bits per heavy atom. The first kappa shape index (κ1) is 14.7. The third-order valence-electron chi connectivity index (χ3n) is 2.90. The zero-order valence-electron chi connectivity index (χ0n) is 11.8. The van der Waals surface area contributed by atoms with Crippen molar-refractivity contribution in [3.05, 3.63) is 65.7 Å². The van der Waals surface area contributed by atoms with Gasteiger partial charge in [0.25, 0.3) is 5.91 Å². The van der Waals surface area contributed by atoms with Gasteiger partial charge in [0.1, 0.15) is 6.61 Å². The predicted molar refractivity (Wildman–Crippen MR) is 82.5 cm³/mol. The van der Waals surface area contributed by atoms with Crippen molar-refractivity contribution in [2.45, 2.75) is 0 Å². The molecule has 0 unspecified atom stereocenters. The van der Waals surface area contributed by atoms with Crippen molar-refractivity contribution in [2.75, 3.05) is 13.7 Å². The quantitative estimate of drug-likeness (QED) is 0.886. The van der Waals surface area contributed by atoms with Crippen LogP contribution in [0.1, 0.15) is 15.9 Å². The Bertz CT molecular complexity index is 636. The van der Waals surface area contributed by atoms with Gasteiger partial charge in [0.05, 0.1) is 12.7 Å². The van der Waals surface area contributed by atoms with Crippen LogP contribution in [0.25, 0.3) is 6.08 Å². The Kier molecular flexibility index (Phi) is 4.99. The summed E-state index contributed by atoms with van der Waals surface area (Å²) in [6, 6.07) is 14.9. The van der Waals surface area contributed by atoms with Crippen molar-refractivity contribution in [1.82, 2.24) is 0 Å². The fourth-order valence-electron chi connectivity index (χ4n) is 1.90. The van der Waals surface area contributed by atoms with Gasteiger partial charge in [0.15, 0.2) is 11.5 Å². The SMILES string of the molecule is COc1cccc(C(N)=O)c1OC/C=C/c1ccccc1.